The number of Topliss-reactive ketones (excluding diaryl/α,β-unsaturated/α-hetero) is 5. The van der Waals surface area contributed by atoms with Crippen LogP contribution in [-0.2, 0) is 84.9 Å². The van der Waals surface area contributed by atoms with Gasteiger partial charge in [0.2, 0.25) is 23.8 Å². The number of aliphatic carboxylic acids is 1. The van der Waals surface area contributed by atoms with Crippen molar-refractivity contribution >= 4 is 144 Å². The van der Waals surface area contributed by atoms with Crippen molar-refractivity contribution < 1.29 is 76.7 Å². The lowest BCUT2D eigenvalue weighted by Crippen LogP contribution is -2.41. The van der Waals surface area contributed by atoms with Gasteiger partial charge in [0.05, 0.1) is 107 Å². The molecular weight excluding hydrogens is 1730 g/mol. The number of hydrogen-bond donors (Lipinski definition) is 15. The molecule has 44 heteroatoms. The van der Waals surface area contributed by atoms with Crippen LogP contribution < -0.4 is 71.8 Å². The monoisotopic (exact) mass is 1830 g/mol. The zero-order valence-electron chi connectivity index (χ0n) is 73.8. The first-order valence-corrected chi connectivity index (χ1v) is 42.1. The first-order chi connectivity index (χ1) is 63.8. The third kappa shape index (κ3) is 32.1. The summed E-state index contributed by atoms with van der Waals surface area (Å²) in [5.74, 6) is -4.27. The lowest BCUT2D eigenvalue weighted by molar-refractivity contribution is -0.143. The zero-order valence-corrected chi connectivity index (χ0v) is 73.8. The van der Waals surface area contributed by atoms with Crippen molar-refractivity contribution in [3.05, 3.63) is 214 Å². The molecule has 0 fully saturated rings. The number of rotatable bonds is 45. The van der Waals surface area contributed by atoms with Crippen LogP contribution in [-0.4, -0.2) is 204 Å². The van der Waals surface area contributed by atoms with Crippen LogP contribution in [0.15, 0.2) is 141 Å². The van der Waals surface area contributed by atoms with Gasteiger partial charge < -0.3 is 88.1 Å². The number of fused-ring (bicyclic) bond motifs is 4. The average Bonchev–Trinajstić information content (AvgIpc) is 1.73. The predicted molar refractivity (Wildman–Crippen MR) is 491 cm³/mol. The lowest BCUT2D eigenvalue weighted by atomic mass is 9.92. The number of carboxylic acid groups (broad SMARTS) is 1. The van der Waals surface area contributed by atoms with Gasteiger partial charge in [0.25, 0.3) is 34.1 Å². The summed E-state index contributed by atoms with van der Waals surface area (Å²) in [5, 5.41) is 24.7. The van der Waals surface area contributed by atoms with E-state index in [-0.39, 0.29) is 149 Å². The number of ether oxygens (including phenoxy) is 5. The number of amides is 2. The second-order valence-electron chi connectivity index (χ2n) is 30.1. The van der Waals surface area contributed by atoms with E-state index in [1.807, 2.05) is 31.2 Å². The van der Waals surface area contributed by atoms with Crippen LogP contribution >= 0.6 is 0 Å². The van der Waals surface area contributed by atoms with E-state index in [2.05, 4.69) is 106 Å². The number of nitrogens with zero attached hydrogens (tertiary/aromatic N) is 10. The Morgan fingerprint density at radius 3 is 1.30 bits per heavy atom. The molecule has 0 saturated carbocycles. The van der Waals surface area contributed by atoms with Crippen LogP contribution in [0.25, 0.3) is 44.5 Å². The van der Waals surface area contributed by atoms with Crippen LogP contribution in [0.5, 0.6) is 0 Å². The summed E-state index contributed by atoms with van der Waals surface area (Å²) >= 11 is 0. The smallest absolute Gasteiger partial charge is 0.328 e. The lowest BCUT2D eigenvalue weighted by Gasteiger charge is -2.16. The van der Waals surface area contributed by atoms with Crippen molar-refractivity contribution in [3.8, 4) is 0 Å². The highest BCUT2D eigenvalue weighted by Gasteiger charge is 2.26. The van der Waals surface area contributed by atoms with E-state index >= 15 is 0 Å². The Morgan fingerprint density at radius 2 is 0.872 bits per heavy atom. The number of carboxylic acids is 1. The normalized spacial score (nSPS) is 11.6. The van der Waals surface area contributed by atoms with Crippen LogP contribution in [0, 0.1) is 5.92 Å². The predicted octanol–water partition coefficient (Wildman–Crippen LogP) is 6.08. The fourth-order valence-corrected chi connectivity index (χ4v) is 12.8. The highest BCUT2D eigenvalue weighted by atomic mass is 16.5. The topological polar surface area (TPSA) is 677 Å². The van der Waals surface area contributed by atoms with E-state index in [1.54, 1.807) is 92.8 Å². The van der Waals surface area contributed by atoms with Crippen molar-refractivity contribution in [1.82, 2.24) is 85.4 Å². The summed E-state index contributed by atoms with van der Waals surface area (Å²) < 4.78 is 25.6. The summed E-state index contributed by atoms with van der Waals surface area (Å²) in [5.41, 5.74) is 29.0. The molecule has 700 valence electrons. The van der Waals surface area contributed by atoms with Crippen molar-refractivity contribution in [1.29, 1.82) is 0 Å². The number of nitrogens with two attached hydrogens (primary N) is 4. The number of benzene rings is 4. The van der Waals surface area contributed by atoms with Crippen LogP contribution in [0.3, 0.4) is 0 Å². The van der Waals surface area contributed by atoms with Crippen molar-refractivity contribution in [2.45, 2.75) is 143 Å². The molecule has 12 rings (SSSR count). The van der Waals surface area contributed by atoms with Crippen molar-refractivity contribution in [3.63, 3.8) is 0 Å². The van der Waals surface area contributed by atoms with Gasteiger partial charge in [0, 0.05) is 97.3 Å². The Balaban J connectivity index is 0.000000207. The first-order valence-electron chi connectivity index (χ1n) is 42.1. The van der Waals surface area contributed by atoms with Gasteiger partial charge in [0.1, 0.15) is 35.1 Å². The van der Waals surface area contributed by atoms with Gasteiger partial charge in [-0.25, -0.2) is 39.5 Å². The third-order valence-electron chi connectivity index (χ3n) is 19.9. The number of ketones is 5. The molecule has 3 atom stereocenters. The molecule has 133 heavy (non-hydrogen) atoms. The molecule has 12 aromatic rings. The average molecular weight is 1830 g/mol. The molecule has 8 aromatic heterocycles. The number of methoxy groups -OCH3 is 2. The number of esters is 2. The molecule has 0 aliphatic rings. The van der Waals surface area contributed by atoms with E-state index in [9.17, 15) is 72.2 Å². The maximum Gasteiger partial charge on any atom is 0.328 e. The first kappa shape index (κ1) is 101. The van der Waals surface area contributed by atoms with Crippen molar-refractivity contribution in [2.24, 2.45) is 5.92 Å². The molecule has 0 saturated heterocycles. The minimum atomic E-state index is -1.12. The number of carbonyl (C=O) groups is 10. The summed E-state index contributed by atoms with van der Waals surface area (Å²) in [4.78, 5) is 220. The van der Waals surface area contributed by atoms with E-state index in [0.717, 1.165) is 36.1 Å². The summed E-state index contributed by atoms with van der Waals surface area (Å²) in [6.07, 6.45) is 11.5. The zero-order chi connectivity index (χ0) is 96.0. The molecular formula is C89H104N24O20. The number of anilines is 7. The van der Waals surface area contributed by atoms with Gasteiger partial charge in [-0.3, -0.25) is 72.7 Å². The number of hydrogen-bond acceptors (Lipinski definition) is 36. The molecule has 0 bridgehead atoms. The Kier molecular flexibility index (Phi) is 38.5. The Hall–Kier alpha value is -15.9. The van der Waals surface area contributed by atoms with Gasteiger partial charge in [-0.2, -0.15) is 19.9 Å². The number of nitrogen functional groups attached to an aromatic ring is 4. The van der Waals surface area contributed by atoms with Crippen LogP contribution in [0.4, 0.5) is 40.9 Å². The maximum absolute atomic E-state index is 12.8. The molecule has 0 radical (unpaired) electrons. The van der Waals surface area contributed by atoms with Gasteiger partial charge in [-0.05, 0) is 150 Å². The van der Waals surface area contributed by atoms with Crippen LogP contribution in [0.1, 0.15) is 168 Å². The molecule has 0 spiro atoms. The van der Waals surface area contributed by atoms with Gasteiger partial charge in [0.15, 0.2) is 45.1 Å². The van der Waals surface area contributed by atoms with E-state index in [0.29, 0.717) is 134 Å². The number of aryl methyl sites for hydroxylation is 2. The fourth-order valence-electron chi connectivity index (χ4n) is 12.8. The number of aromatic nitrogens is 15. The highest BCUT2D eigenvalue weighted by molar-refractivity contribution is 6.00. The van der Waals surface area contributed by atoms with E-state index in [1.165, 1.54) is 39.7 Å². The Bertz CT molecular complexity index is 6330. The van der Waals surface area contributed by atoms with Gasteiger partial charge in [-0.1, -0.05) is 31.2 Å². The third-order valence-corrected chi connectivity index (χ3v) is 19.9. The number of aromatic amines is 5. The van der Waals surface area contributed by atoms with Crippen molar-refractivity contribution in [2.75, 3.05) is 92.7 Å². The minimum Gasteiger partial charge on any atom is -0.481 e. The SMILES string of the molecule is CC(=O)c1ccc(CCc2c[nH]c3nc(N)[nH]c(=O)c23)cc1.CCCC(=O)CCCOCCOCCOCCCC(=O)CC[C@H](CC(=O)c1ccc(NCc2cnc3nc(N)[nH]c(=O)c3n2)cc1)C(=O)O.COC(=O)C(C)NC(=O)c1ccc(NCc2cnc3nc(N)[nH]c(=O)c3n2)cc1.COC(=O)[C@H](CCC(C)=O)NC(=O)c1ccc(NCc2cnc3nc(N)[nH]c(=O)c3n2)cc1. The fraction of sp³-hybridized carbons (Fsp3) is 0.348. The summed E-state index contributed by atoms with van der Waals surface area (Å²) in [7, 11) is 2.48. The summed E-state index contributed by atoms with van der Waals surface area (Å²) in [6.45, 7) is 9.90. The van der Waals surface area contributed by atoms with E-state index in [4.69, 9.17) is 41.9 Å². The molecule has 19 N–H and O–H groups in total. The molecule has 8 heterocycles. The van der Waals surface area contributed by atoms with Gasteiger partial charge >= 0.3 is 17.9 Å². The standard InChI is InChI=1S/C34H46N6O9.C21H23N7O5.C18H19N7O4.C16H16N4O2/c1-2-5-27(41)6-3-14-47-16-18-49-19-17-48-15-4-7-28(42)13-10-24(33(45)46)20-29(43)23-8-11-25(12-9-23)36-21-26-22-37-31-30(38-26)32(44)40-34(35)39-31;1-11(29)3-8-15(20(32)33-2)26-18(30)12-4-6-13(7-5-12)23-9-14-10-24-17-16(25-14)19(31)28-21(22)27-17;1-9(17(28)29-2)22-15(26)10-3-5-11(6-4-10)20-7-12-8-21-14-13(23-12)16(27)25-18(19)24-14;1-9(21)11-5-2-10(3-6-11)4-7-12-8-18-14-13(12)15(22)20-16(17)19-14/h8-9,11-12,22,24,36H,2-7,10,13-21H2,1H3,(H,45,46)(H3,35,37,39,40,44);4-7,10,15,23H,3,8-9H2,1-2H3,(H,26,30)(H3,22,24,27,28,31);3-6,8-9,20H,7H2,1-2H3,(H,22,26)(H3,19,21,24,25,27);2-3,5-6,8H,4,7H2,1H3,(H4,17,18,19,20,22)/t24-;15-;;/m10../s1. The number of carbonyl (C=O) groups excluding carboxylic acids is 9. The number of nitrogens with one attached hydrogen (secondary N) is 10. The minimum absolute atomic E-state index is 0.0206. The molecule has 0 aliphatic heterocycles. The summed E-state index contributed by atoms with van der Waals surface area (Å²) in [6, 6.07) is 25.6. The molecule has 1 unspecified atom stereocenters. The number of H-pyrrole nitrogens is 5. The molecule has 0 aliphatic carbocycles. The second-order valence-corrected chi connectivity index (χ2v) is 30.1. The molecule has 44 nitrogen and oxygen atoms in total. The van der Waals surface area contributed by atoms with E-state index < -0.39 is 58.5 Å². The maximum atomic E-state index is 12.8. The Labute approximate surface area is 758 Å². The quantitative estimate of drug-likeness (QED) is 0.0117. The molecule has 2 amide bonds. The van der Waals surface area contributed by atoms with Gasteiger partial charge in [-0.15, -0.1) is 0 Å². The second kappa shape index (κ2) is 50.8. The van der Waals surface area contributed by atoms with Crippen LogP contribution in [0.2, 0.25) is 0 Å². The highest BCUT2D eigenvalue weighted by Crippen LogP contribution is 2.22. The largest absolute Gasteiger partial charge is 0.481 e. The molecule has 4 aromatic carbocycles. The Morgan fingerprint density at radius 1 is 0.459 bits per heavy atom.